The first-order valence-corrected chi connectivity index (χ1v) is 12.7. The van der Waals surface area contributed by atoms with E-state index in [1.54, 1.807) is 0 Å². The standard InChI is InChI=1S/C26H40N4O2.HI/c1-2-27-26(28-18-22-14-9-17-32-24(22)20-10-5-3-6-11-20)29-23-15-16-30(19-23)25(31)21-12-7-4-8-13-21;/h3,5-6,10-11,21-24H,2,4,7-9,12-19H2,1H3,(H2,27,28,29);1H. The van der Waals surface area contributed by atoms with E-state index in [9.17, 15) is 4.79 Å². The fourth-order valence-electron chi connectivity index (χ4n) is 5.45. The lowest BCUT2D eigenvalue weighted by Crippen LogP contribution is -2.46. The highest BCUT2D eigenvalue weighted by molar-refractivity contribution is 14.0. The summed E-state index contributed by atoms with van der Waals surface area (Å²) in [6, 6.07) is 10.8. The maximum absolute atomic E-state index is 12.9. The number of likely N-dealkylation sites (tertiary alicyclic amines) is 1. The normalized spacial score (nSPS) is 26.5. The number of ether oxygens (including phenoxy) is 1. The minimum atomic E-state index is 0. The van der Waals surface area contributed by atoms with Crippen molar-refractivity contribution in [3.05, 3.63) is 35.9 Å². The molecule has 3 aliphatic rings. The Hall–Kier alpha value is -1.35. The predicted molar refractivity (Wildman–Crippen MR) is 144 cm³/mol. The van der Waals surface area contributed by atoms with Crippen LogP contribution in [0.4, 0.5) is 0 Å². The zero-order chi connectivity index (χ0) is 22.2. The molecular weight excluding hydrogens is 527 g/mol. The number of hydrogen-bond donors (Lipinski definition) is 2. The van der Waals surface area contributed by atoms with Crippen LogP contribution in [0.3, 0.4) is 0 Å². The lowest BCUT2D eigenvalue weighted by Gasteiger charge is -2.31. The summed E-state index contributed by atoms with van der Waals surface area (Å²) in [5.41, 5.74) is 1.25. The number of nitrogens with zero attached hydrogens (tertiary/aromatic N) is 2. The van der Waals surface area contributed by atoms with E-state index < -0.39 is 0 Å². The van der Waals surface area contributed by atoms with Crippen LogP contribution in [0.25, 0.3) is 0 Å². The predicted octanol–water partition coefficient (Wildman–Crippen LogP) is 4.51. The number of carbonyl (C=O) groups is 1. The maximum atomic E-state index is 12.9. The second-order valence-electron chi connectivity index (χ2n) is 9.57. The Morgan fingerprint density at radius 3 is 2.64 bits per heavy atom. The summed E-state index contributed by atoms with van der Waals surface area (Å²) in [6.07, 6.45) is 9.18. The molecule has 2 heterocycles. The first-order chi connectivity index (χ1) is 15.7. The number of amides is 1. The van der Waals surface area contributed by atoms with Gasteiger partial charge < -0.3 is 20.3 Å². The van der Waals surface area contributed by atoms with Crippen molar-refractivity contribution in [1.82, 2.24) is 15.5 Å². The van der Waals surface area contributed by atoms with Gasteiger partial charge in [0, 0.05) is 50.7 Å². The second-order valence-corrected chi connectivity index (χ2v) is 9.57. The summed E-state index contributed by atoms with van der Waals surface area (Å²) in [7, 11) is 0. The van der Waals surface area contributed by atoms with E-state index in [0.29, 0.717) is 11.8 Å². The Bertz CT molecular complexity index is 754. The number of halogens is 1. The summed E-state index contributed by atoms with van der Waals surface area (Å²) >= 11 is 0. The Labute approximate surface area is 216 Å². The molecule has 0 spiro atoms. The van der Waals surface area contributed by atoms with Gasteiger partial charge in [0.15, 0.2) is 5.96 Å². The number of carbonyl (C=O) groups excluding carboxylic acids is 1. The molecule has 1 amide bonds. The molecule has 2 N–H and O–H groups in total. The monoisotopic (exact) mass is 568 g/mol. The first kappa shape index (κ1) is 26.3. The summed E-state index contributed by atoms with van der Waals surface area (Å²) in [6.45, 7) is 6.14. The molecule has 3 fully saturated rings. The third kappa shape index (κ3) is 7.31. The van der Waals surface area contributed by atoms with Gasteiger partial charge in [0.1, 0.15) is 0 Å². The lowest BCUT2D eigenvalue weighted by molar-refractivity contribution is -0.135. The minimum absolute atomic E-state index is 0. The summed E-state index contributed by atoms with van der Waals surface area (Å²) in [5, 5.41) is 7.01. The van der Waals surface area contributed by atoms with E-state index in [1.807, 2.05) is 0 Å². The number of nitrogens with one attached hydrogen (secondary N) is 2. The molecule has 33 heavy (non-hydrogen) atoms. The van der Waals surface area contributed by atoms with Crippen LogP contribution in [0.5, 0.6) is 0 Å². The van der Waals surface area contributed by atoms with Gasteiger partial charge in [-0.1, -0.05) is 49.6 Å². The van der Waals surface area contributed by atoms with Crippen molar-refractivity contribution in [3.63, 3.8) is 0 Å². The Morgan fingerprint density at radius 1 is 1.09 bits per heavy atom. The summed E-state index contributed by atoms with van der Waals surface area (Å²) in [5.74, 6) is 1.88. The third-order valence-electron chi connectivity index (χ3n) is 7.20. The number of hydrogen-bond acceptors (Lipinski definition) is 3. The van der Waals surface area contributed by atoms with Crippen LogP contribution in [0.2, 0.25) is 0 Å². The van der Waals surface area contributed by atoms with Crippen molar-refractivity contribution in [2.75, 3.05) is 32.8 Å². The molecule has 1 aromatic rings. The average molecular weight is 569 g/mol. The van der Waals surface area contributed by atoms with Gasteiger partial charge in [-0.2, -0.15) is 0 Å². The van der Waals surface area contributed by atoms with Gasteiger partial charge >= 0.3 is 0 Å². The highest BCUT2D eigenvalue weighted by Gasteiger charge is 2.32. The van der Waals surface area contributed by atoms with E-state index in [2.05, 4.69) is 52.8 Å². The SMILES string of the molecule is CCNC(=NCC1CCCOC1c1ccccc1)NC1CCN(C(=O)C2CCCCC2)C1.I. The van der Waals surface area contributed by atoms with Crippen molar-refractivity contribution in [1.29, 1.82) is 0 Å². The highest BCUT2D eigenvalue weighted by atomic mass is 127. The lowest BCUT2D eigenvalue weighted by atomic mass is 9.88. The van der Waals surface area contributed by atoms with E-state index in [0.717, 1.165) is 70.8 Å². The van der Waals surface area contributed by atoms with E-state index in [1.165, 1.54) is 24.8 Å². The van der Waals surface area contributed by atoms with Crippen molar-refractivity contribution in [3.8, 4) is 0 Å². The highest BCUT2D eigenvalue weighted by Crippen LogP contribution is 2.33. The van der Waals surface area contributed by atoms with Crippen molar-refractivity contribution in [2.45, 2.75) is 70.4 Å². The fraction of sp³-hybridized carbons (Fsp3) is 0.692. The average Bonchev–Trinajstić information content (AvgIpc) is 3.32. The van der Waals surface area contributed by atoms with Crippen LogP contribution in [0.1, 0.15) is 70.0 Å². The van der Waals surface area contributed by atoms with E-state index >= 15 is 0 Å². The molecule has 2 saturated heterocycles. The molecule has 1 aliphatic carbocycles. The van der Waals surface area contributed by atoms with Gasteiger partial charge in [-0.25, -0.2) is 0 Å². The zero-order valence-corrected chi connectivity index (χ0v) is 22.3. The van der Waals surface area contributed by atoms with Crippen LogP contribution >= 0.6 is 24.0 Å². The topological polar surface area (TPSA) is 66.0 Å². The number of benzene rings is 1. The van der Waals surface area contributed by atoms with Gasteiger partial charge in [-0.05, 0) is 44.6 Å². The van der Waals surface area contributed by atoms with Crippen molar-refractivity contribution < 1.29 is 9.53 Å². The molecular formula is C26H41IN4O2. The van der Waals surface area contributed by atoms with Gasteiger partial charge in [0.2, 0.25) is 5.91 Å². The number of guanidine groups is 1. The van der Waals surface area contributed by atoms with Crippen LogP contribution in [0, 0.1) is 11.8 Å². The molecule has 0 aromatic heterocycles. The number of aliphatic imine (C=N–C) groups is 1. The minimum Gasteiger partial charge on any atom is -0.373 e. The van der Waals surface area contributed by atoms with E-state index in [-0.39, 0.29) is 42.0 Å². The summed E-state index contributed by atoms with van der Waals surface area (Å²) < 4.78 is 6.15. The van der Waals surface area contributed by atoms with Crippen LogP contribution in [-0.4, -0.2) is 55.6 Å². The van der Waals surface area contributed by atoms with Crippen molar-refractivity contribution in [2.24, 2.45) is 16.8 Å². The van der Waals surface area contributed by atoms with E-state index in [4.69, 9.17) is 9.73 Å². The quantitative estimate of drug-likeness (QED) is 0.301. The Kier molecular flexibility index (Phi) is 10.8. The van der Waals surface area contributed by atoms with Crippen LogP contribution in [0.15, 0.2) is 35.3 Å². The molecule has 3 atom stereocenters. The van der Waals surface area contributed by atoms with Gasteiger partial charge in [-0.15, -0.1) is 24.0 Å². The molecule has 1 aromatic carbocycles. The van der Waals surface area contributed by atoms with Crippen molar-refractivity contribution >= 4 is 35.8 Å². The maximum Gasteiger partial charge on any atom is 0.225 e. The molecule has 1 saturated carbocycles. The molecule has 0 bridgehead atoms. The number of rotatable bonds is 6. The Morgan fingerprint density at radius 2 is 1.88 bits per heavy atom. The third-order valence-corrected chi connectivity index (χ3v) is 7.20. The van der Waals surface area contributed by atoms with Gasteiger partial charge in [0.05, 0.1) is 6.10 Å². The molecule has 4 rings (SSSR count). The van der Waals surface area contributed by atoms with Crippen LogP contribution in [-0.2, 0) is 9.53 Å². The largest absolute Gasteiger partial charge is 0.373 e. The van der Waals surface area contributed by atoms with Crippen LogP contribution < -0.4 is 10.6 Å². The van der Waals surface area contributed by atoms with Gasteiger partial charge in [0.25, 0.3) is 0 Å². The van der Waals surface area contributed by atoms with Gasteiger partial charge in [-0.3, -0.25) is 9.79 Å². The fourth-order valence-corrected chi connectivity index (χ4v) is 5.45. The zero-order valence-electron chi connectivity index (χ0n) is 20.0. The Balaban J connectivity index is 0.00000306. The molecule has 2 aliphatic heterocycles. The molecule has 184 valence electrons. The smallest absolute Gasteiger partial charge is 0.225 e. The first-order valence-electron chi connectivity index (χ1n) is 12.7. The molecule has 7 heteroatoms. The molecule has 3 unspecified atom stereocenters. The summed E-state index contributed by atoms with van der Waals surface area (Å²) in [4.78, 5) is 19.9. The second kappa shape index (κ2) is 13.5. The molecule has 6 nitrogen and oxygen atoms in total. The molecule has 0 radical (unpaired) electrons.